The van der Waals surface area contributed by atoms with Gasteiger partial charge >= 0.3 is 0 Å². The van der Waals surface area contributed by atoms with E-state index in [0.717, 1.165) is 12.8 Å². The van der Waals surface area contributed by atoms with E-state index in [4.69, 9.17) is 9.47 Å². The molecule has 0 aromatic carbocycles. The fraction of sp³-hybridized carbons (Fsp3) is 0.700. The molecular weight excluding hydrogens is 360 g/mol. The molecule has 1 N–H and O–H groups in total. The third-order valence-electron chi connectivity index (χ3n) is 4.17. The molecule has 0 saturated carbocycles. The Balaban J connectivity index is 2.38. The molecule has 8 heteroatoms. The molecule has 8 nitrogen and oxygen atoms in total. The normalized spacial score (nSPS) is 12.5. The molecule has 0 radical (unpaired) electrons. The number of nitrogens with one attached hydrogen (secondary N) is 1. The van der Waals surface area contributed by atoms with Gasteiger partial charge in [-0.2, -0.15) is 0 Å². The number of allylic oxidation sites excluding steroid dienone is 1. The van der Waals surface area contributed by atoms with Crippen LogP contribution in [0.15, 0.2) is 18.3 Å². The van der Waals surface area contributed by atoms with Crippen LogP contribution in [0.2, 0.25) is 0 Å². The van der Waals surface area contributed by atoms with E-state index in [1.54, 1.807) is 10.9 Å². The smallest absolute Gasteiger partial charge is 0.244 e. The Morgan fingerprint density at radius 3 is 2.46 bits per heavy atom. The van der Waals surface area contributed by atoms with Crippen LogP contribution >= 0.6 is 0 Å². The lowest BCUT2D eigenvalue weighted by atomic mass is 10.0. The van der Waals surface area contributed by atoms with E-state index in [1.165, 1.54) is 19.1 Å². The van der Waals surface area contributed by atoms with Crippen LogP contribution < -0.4 is 5.32 Å². The van der Waals surface area contributed by atoms with Gasteiger partial charge in [-0.25, -0.2) is 0 Å². The number of carbonyl (C=O) groups is 2. The second kappa shape index (κ2) is 11.1. The summed E-state index contributed by atoms with van der Waals surface area (Å²) in [5.74, 6) is -0.512. The summed E-state index contributed by atoms with van der Waals surface area (Å²) < 4.78 is 13.5. The predicted molar refractivity (Wildman–Crippen MR) is 107 cm³/mol. The van der Waals surface area contributed by atoms with Crippen molar-refractivity contribution in [2.24, 2.45) is 0 Å². The van der Waals surface area contributed by atoms with Gasteiger partial charge in [-0.3, -0.25) is 14.3 Å². The molecule has 158 valence electrons. The summed E-state index contributed by atoms with van der Waals surface area (Å²) in [5.41, 5.74) is 0.178. The highest BCUT2D eigenvalue weighted by Gasteiger charge is 2.22. The van der Waals surface area contributed by atoms with Crippen molar-refractivity contribution in [3.8, 4) is 0 Å². The molecule has 0 aliphatic heterocycles. The molecule has 28 heavy (non-hydrogen) atoms. The zero-order valence-electron chi connectivity index (χ0n) is 17.9. The van der Waals surface area contributed by atoms with Crippen LogP contribution in [0, 0.1) is 0 Å². The molecule has 0 unspecified atom stereocenters. The molecule has 1 amide bonds. The Kier molecular flexibility index (Phi) is 9.48. The van der Waals surface area contributed by atoms with Crippen molar-refractivity contribution in [1.29, 1.82) is 0 Å². The van der Waals surface area contributed by atoms with E-state index < -0.39 is 0 Å². The minimum Gasteiger partial charge on any atom is -0.376 e. The van der Waals surface area contributed by atoms with Gasteiger partial charge in [-0.05, 0) is 60.5 Å². The molecule has 0 spiro atoms. The van der Waals surface area contributed by atoms with Crippen LogP contribution in [0.5, 0.6) is 0 Å². The standard InChI is InChI=1S/C20H34N4O4/c1-7-27-20(5,6)11-13-28-19(3,4)10-12-24-15-17(22-23-24)14-21-18(26)9-8-16(2)25/h8-9,15H,7,10-14H2,1-6H3,(H,21,26)/b9-8-. The first-order valence-corrected chi connectivity index (χ1v) is 9.66. The summed E-state index contributed by atoms with van der Waals surface area (Å²) in [6.07, 6.45) is 5.83. The van der Waals surface area contributed by atoms with E-state index in [0.29, 0.717) is 25.5 Å². The summed E-state index contributed by atoms with van der Waals surface area (Å²) in [5, 5.41) is 10.8. The molecule has 0 saturated heterocycles. The maximum absolute atomic E-state index is 11.6. The Bertz CT molecular complexity index is 665. The number of amides is 1. The molecule has 0 aliphatic rings. The zero-order valence-corrected chi connectivity index (χ0v) is 17.9. The lowest BCUT2D eigenvalue weighted by molar-refractivity contribution is -0.117. The maximum atomic E-state index is 11.6. The maximum Gasteiger partial charge on any atom is 0.244 e. The molecule has 0 bridgehead atoms. The monoisotopic (exact) mass is 394 g/mol. The Morgan fingerprint density at radius 1 is 1.14 bits per heavy atom. The number of ether oxygens (including phenoxy) is 2. The topological polar surface area (TPSA) is 95.3 Å². The van der Waals surface area contributed by atoms with Crippen LogP contribution in [0.3, 0.4) is 0 Å². The number of hydrogen-bond acceptors (Lipinski definition) is 6. The third-order valence-corrected chi connectivity index (χ3v) is 4.17. The number of aromatic nitrogens is 3. The summed E-state index contributed by atoms with van der Waals surface area (Å²) in [6.45, 7) is 13.9. The number of rotatable bonds is 13. The van der Waals surface area contributed by atoms with Crippen molar-refractivity contribution < 1.29 is 19.1 Å². The summed E-state index contributed by atoms with van der Waals surface area (Å²) >= 11 is 0. The van der Waals surface area contributed by atoms with Crippen molar-refractivity contribution in [3.63, 3.8) is 0 Å². The lowest BCUT2D eigenvalue weighted by Crippen LogP contribution is -2.31. The number of hydrogen-bond donors (Lipinski definition) is 1. The number of nitrogens with zero attached hydrogens (tertiary/aromatic N) is 3. The largest absolute Gasteiger partial charge is 0.376 e. The van der Waals surface area contributed by atoms with Gasteiger partial charge in [0.15, 0.2) is 5.78 Å². The third kappa shape index (κ3) is 10.3. The van der Waals surface area contributed by atoms with E-state index in [-0.39, 0.29) is 29.4 Å². The van der Waals surface area contributed by atoms with Gasteiger partial charge in [0.05, 0.1) is 30.6 Å². The first-order valence-electron chi connectivity index (χ1n) is 9.66. The zero-order chi connectivity index (χ0) is 21.2. The number of ketones is 1. The molecule has 1 aromatic rings. The second-order valence-corrected chi connectivity index (χ2v) is 7.94. The Morgan fingerprint density at radius 2 is 1.82 bits per heavy atom. The first-order chi connectivity index (χ1) is 13.0. The number of carbonyl (C=O) groups excluding carboxylic acids is 2. The average Bonchev–Trinajstić information content (AvgIpc) is 3.04. The second-order valence-electron chi connectivity index (χ2n) is 7.94. The average molecular weight is 395 g/mol. The Hall–Kier alpha value is -2.06. The van der Waals surface area contributed by atoms with Crippen molar-refractivity contribution in [2.75, 3.05) is 13.2 Å². The summed E-state index contributed by atoms with van der Waals surface area (Å²) in [4.78, 5) is 22.4. The lowest BCUT2D eigenvalue weighted by Gasteiger charge is -2.29. The minimum atomic E-state index is -0.339. The Labute approximate surface area is 167 Å². The van der Waals surface area contributed by atoms with Gasteiger partial charge in [-0.15, -0.1) is 5.10 Å². The molecular formula is C20H34N4O4. The molecule has 1 heterocycles. The fourth-order valence-corrected chi connectivity index (χ4v) is 2.45. The van der Waals surface area contributed by atoms with Gasteiger partial charge < -0.3 is 14.8 Å². The van der Waals surface area contributed by atoms with Gasteiger partial charge in [0, 0.05) is 19.2 Å². The highest BCUT2D eigenvalue weighted by atomic mass is 16.5. The molecule has 0 atom stereocenters. The van der Waals surface area contributed by atoms with Gasteiger partial charge in [-0.1, -0.05) is 5.21 Å². The summed E-state index contributed by atoms with van der Waals surface area (Å²) in [7, 11) is 0. The van der Waals surface area contributed by atoms with Crippen LogP contribution in [-0.2, 0) is 32.2 Å². The highest BCUT2D eigenvalue weighted by molar-refractivity contribution is 5.96. The number of aryl methyl sites for hydroxylation is 1. The van der Waals surface area contributed by atoms with Crippen LogP contribution in [-0.4, -0.2) is 51.1 Å². The van der Waals surface area contributed by atoms with Gasteiger partial charge in [0.2, 0.25) is 5.91 Å². The fourth-order valence-electron chi connectivity index (χ4n) is 2.45. The first kappa shape index (κ1) is 24.0. The van der Waals surface area contributed by atoms with Crippen LogP contribution in [0.1, 0.15) is 60.1 Å². The quantitative estimate of drug-likeness (QED) is 0.516. The van der Waals surface area contributed by atoms with Crippen LogP contribution in [0.25, 0.3) is 0 Å². The minimum absolute atomic E-state index is 0.174. The van der Waals surface area contributed by atoms with E-state index in [9.17, 15) is 9.59 Å². The van der Waals surface area contributed by atoms with Crippen molar-refractivity contribution in [2.45, 2.75) is 78.7 Å². The molecule has 1 aromatic heterocycles. The van der Waals surface area contributed by atoms with E-state index >= 15 is 0 Å². The highest BCUT2D eigenvalue weighted by Crippen LogP contribution is 2.20. The molecule has 0 aliphatic carbocycles. The summed E-state index contributed by atoms with van der Waals surface area (Å²) in [6, 6.07) is 0. The molecule has 0 fully saturated rings. The SMILES string of the molecule is CCOC(C)(C)CCOC(C)(C)CCn1cc(CNC(=O)/C=C\C(C)=O)nn1. The molecule has 1 rings (SSSR count). The van der Waals surface area contributed by atoms with E-state index in [2.05, 4.69) is 43.3 Å². The van der Waals surface area contributed by atoms with Crippen molar-refractivity contribution >= 4 is 11.7 Å². The van der Waals surface area contributed by atoms with Crippen molar-refractivity contribution in [3.05, 3.63) is 24.0 Å². The van der Waals surface area contributed by atoms with Crippen molar-refractivity contribution in [1.82, 2.24) is 20.3 Å². The van der Waals surface area contributed by atoms with Gasteiger partial charge in [0.25, 0.3) is 0 Å². The van der Waals surface area contributed by atoms with E-state index in [1.807, 2.05) is 6.92 Å². The van der Waals surface area contributed by atoms with Crippen LogP contribution in [0.4, 0.5) is 0 Å². The van der Waals surface area contributed by atoms with Gasteiger partial charge in [0.1, 0.15) is 5.69 Å². The predicted octanol–water partition coefficient (Wildman–Crippen LogP) is 2.43.